The molecule has 1 aromatic heterocycles. The van der Waals surface area contributed by atoms with Crippen LogP contribution in [0.25, 0.3) is 0 Å². The fourth-order valence-electron chi connectivity index (χ4n) is 2.20. The molecule has 1 amide bonds. The monoisotopic (exact) mass is 333 g/mol. The van der Waals surface area contributed by atoms with Crippen LogP contribution in [0, 0.1) is 6.92 Å². The molecular weight excluding hydrogens is 310 g/mol. The molecule has 2 aromatic rings. The summed E-state index contributed by atoms with van der Waals surface area (Å²) in [5, 5.41) is 2.82. The van der Waals surface area contributed by atoms with Crippen LogP contribution in [0.4, 0.5) is 11.4 Å². The first-order chi connectivity index (χ1) is 10.6. The van der Waals surface area contributed by atoms with Gasteiger partial charge in [-0.15, -0.1) is 12.4 Å². The van der Waals surface area contributed by atoms with Crippen LogP contribution in [-0.4, -0.2) is 10.9 Å². The lowest BCUT2D eigenvalue weighted by molar-refractivity contribution is 0.102. The third-order valence-electron chi connectivity index (χ3n) is 3.66. The summed E-state index contributed by atoms with van der Waals surface area (Å²) in [6, 6.07) is 9.22. The number of halogens is 1. The average molecular weight is 334 g/mol. The van der Waals surface area contributed by atoms with Crippen LogP contribution in [0.1, 0.15) is 47.8 Å². The van der Waals surface area contributed by atoms with E-state index in [2.05, 4.69) is 17.2 Å². The molecule has 0 saturated heterocycles. The minimum atomic E-state index is -0.219. The van der Waals surface area contributed by atoms with E-state index in [0.29, 0.717) is 17.1 Å². The molecule has 5 heteroatoms. The Balaban J connectivity index is 0.00000264. The van der Waals surface area contributed by atoms with E-state index >= 15 is 0 Å². The fraction of sp³-hybridized carbons (Fsp3) is 0.333. The van der Waals surface area contributed by atoms with Crippen LogP contribution in [0.15, 0.2) is 36.5 Å². The lowest BCUT2D eigenvalue weighted by Gasteiger charge is -2.07. The first kappa shape index (κ1) is 19.0. The van der Waals surface area contributed by atoms with E-state index in [1.54, 1.807) is 18.3 Å². The van der Waals surface area contributed by atoms with E-state index in [1.165, 1.54) is 18.4 Å². The van der Waals surface area contributed by atoms with Gasteiger partial charge in [0.15, 0.2) is 0 Å². The van der Waals surface area contributed by atoms with Crippen molar-refractivity contribution in [2.75, 3.05) is 11.1 Å². The molecule has 0 spiro atoms. The molecular formula is C18H24ClN3O. The van der Waals surface area contributed by atoms with Gasteiger partial charge in [-0.3, -0.25) is 9.78 Å². The topological polar surface area (TPSA) is 68.0 Å². The lowest BCUT2D eigenvalue weighted by Crippen LogP contribution is -2.14. The molecule has 0 aliphatic rings. The zero-order valence-corrected chi connectivity index (χ0v) is 14.5. The molecule has 1 heterocycles. The van der Waals surface area contributed by atoms with Crippen molar-refractivity contribution in [3.05, 3.63) is 53.3 Å². The number of nitrogens with two attached hydrogens (primary N) is 1. The van der Waals surface area contributed by atoms with E-state index in [4.69, 9.17) is 5.73 Å². The van der Waals surface area contributed by atoms with Crippen molar-refractivity contribution in [2.45, 2.75) is 39.5 Å². The maximum Gasteiger partial charge on any atom is 0.274 e. The Hall–Kier alpha value is -2.07. The van der Waals surface area contributed by atoms with Crippen molar-refractivity contribution >= 4 is 29.7 Å². The predicted octanol–water partition coefficient (Wildman–Crippen LogP) is 4.38. The molecule has 0 atom stereocenters. The lowest BCUT2D eigenvalue weighted by atomic mass is 10.1. The number of aryl methyl sites for hydroxylation is 2. The quantitative estimate of drug-likeness (QED) is 0.609. The number of nitrogens with zero attached hydrogens (tertiary/aromatic N) is 1. The van der Waals surface area contributed by atoms with Gasteiger partial charge in [-0.25, -0.2) is 0 Å². The van der Waals surface area contributed by atoms with Crippen LogP contribution < -0.4 is 11.1 Å². The summed E-state index contributed by atoms with van der Waals surface area (Å²) in [6.07, 6.45) is 6.38. The van der Waals surface area contributed by atoms with Crippen molar-refractivity contribution in [2.24, 2.45) is 0 Å². The second-order valence-corrected chi connectivity index (χ2v) is 5.53. The molecule has 0 saturated carbocycles. The average Bonchev–Trinajstić information content (AvgIpc) is 2.52. The molecule has 124 valence electrons. The van der Waals surface area contributed by atoms with E-state index in [-0.39, 0.29) is 18.3 Å². The molecule has 4 nitrogen and oxygen atoms in total. The number of hydrogen-bond donors (Lipinski definition) is 2. The SMILES string of the molecule is CCCCCc1ccc(C(=O)Nc2ccc(C)c(N)c2)nc1.Cl. The summed E-state index contributed by atoms with van der Waals surface area (Å²) < 4.78 is 0. The largest absolute Gasteiger partial charge is 0.398 e. The number of pyridine rings is 1. The number of amides is 1. The number of benzene rings is 1. The molecule has 1 aromatic carbocycles. The second-order valence-electron chi connectivity index (χ2n) is 5.53. The number of nitrogen functional groups attached to an aromatic ring is 1. The third-order valence-corrected chi connectivity index (χ3v) is 3.66. The molecule has 0 radical (unpaired) electrons. The van der Waals surface area contributed by atoms with Crippen LogP contribution in [0.5, 0.6) is 0 Å². The molecule has 0 unspecified atom stereocenters. The molecule has 3 N–H and O–H groups in total. The first-order valence-corrected chi connectivity index (χ1v) is 7.72. The van der Waals surface area contributed by atoms with Gasteiger partial charge in [0.2, 0.25) is 0 Å². The highest BCUT2D eigenvalue weighted by Crippen LogP contribution is 2.17. The van der Waals surface area contributed by atoms with Crippen LogP contribution in [-0.2, 0) is 6.42 Å². The highest BCUT2D eigenvalue weighted by atomic mass is 35.5. The Morgan fingerprint density at radius 3 is 2.61 bits per heavy atom. The summed E-state index contributed by atoms with van der Waals surface area (Å²) in [6.45, 7) is 4.11. The van der Waals surface area contributed by atoms with Crippen LogP contribution >= 0.6 is 12.4 Å². The number of unbranched alkanes of at least 4 members (excludes halogenated alkanes) is 2. The van der Waals surface area contributed by atoms with Crippen molar-refractivity contribution in [3.8, 4) is 0 Å². The minimum absolute atomic E-state index is 0. The smallest absolute Gasteiger partial charge is 0.274 e. The number of carbonyl (C=O) groups excluding carboxylic acids is 1. The van der Waals surface area contributed by atoms with Gasteiger partial charge in [-0.2, -0.15) is 0 Å². The number of anilines is 2. The van der Waals surface area contributed by atoms with Crippen molar-refractivity contribution in [1.82, 2.24) is 4.98 Å². The highest BCUT2D eigenvalue weighted by Gasteiger charge is 2.08. The Morgan fingerprint density at radius 1 is 1.22 bits per heavy atom. The van der Waals surface area contributed by atoms with Gasteiger partial charge >= 0.3 is 0 Å². The zero-order valence-electron chi connectivity index (χ0n) is 13.6. The summed E-state index contributed by atoms with van der Waals surface area (Å²) in [4.78, 5) is 16.4. The summed E-state index contributed by atoms with van der Waals surface area (Å²) in [5.74, 6) is -0.219. The number of hydrogen-bond acceptors (Lipinski definition) is 3. The van der Waals surface area contributed by atoms with Gasteiger partial charge in [-0.1, -0.05) is 31.9 Å². The second kappa shape index (κ2) is 9.16. The number of aromatic nitrogens is 1. The van der Waals surface area contributed by atoms with E-state index in [1.807, 2.05) is 25.1 Å². The number of carbonyl (C=O) groups is 1. The molecule has 0 aliphatic carbocycles. The Morgan fingerprint density at radius 2 is 2.00 bits per heavy atom. The van der Waals surface area contributed by atoms with Gasteiger partial charge in [-0.05, 0) is 49.1 Å². The maximum absolute atomic E-state index is 12.2. The Labute approximate surface area is 143 Å². The number of nitrogens with one attached hydrogen (secondary N) is 1. The minimum Gasteiger partial charge on any atom is -0.398 e. The fourth-order valence-corrected chi connectivity index (χ4v) is 2.20. The van der Waals surface area contributed by atoms with Gasteiger partial charge < -0.3 is 11.1 Å². The van der Waals surface area contributed by atoms with Gasteiger partial charge in [0.05, 0.1) is 0 Å². The molecule has 0 aliphatic heterocycles. The van der Waals surface area contributed by atoms with E-state index in [0.717, 1.165) is 18.4 Å². The molecule has 23 heavy (non-hydrogen) atoms. The summed E-state index contributed by atoms with van der Waals surface area (Å²) in [5.41, 5.74) is 9.77. The standard InChI is InChI=1S/C18H23N3O.ClH/c1-3-4-5-6-14-8-10-17(20-12-14)18(22)21-15-9-7-13(2)16(19)11-15;/h7-12H,3-6,19H2,1-2H3,(H,21,22);1H. The van der Waals surface area contributed by atoms with Crippen molar-refractivity contribution in [1.29, 1.82) is 0 Å². The highest BCUT2D eigenvalue weighted by molar-refractivity contribution is 6.03. The Bertz CT molecular complexity index is 641. The molecule has 2 rings (SSSR count). The summed E-state index contributed by atoms with van der Waals surface area (Å²) in [7, 11) is 0. The number of rotatable bonds is 6. The normalized spacial score (nSPS) is 10.0. The van der Waals surface area contributed by atoms with Crippen molar-refractivity contribution < 1.29 is 4.79 Å². The van der Waals surface area contributed by atoms with Crippen LogP contribution in [0.3, 0.4) is 0 Å². The third kappa shape index (κ3) is 5.57. The van der Waals surface area contributed by atoms with Crippen LogP contribution in [0.2, 0.25) is 0 Å². The van der Waals surface area contributed by atoms with E-state index < -0.39 is 0 Å². The zero-order chi connectivity index (χ0) is 15.9. The van der Waals surface area contributed by atoms with Gasteiger partial charge in [0.1, 0.15) is 5.69 Å². The maximum atomic E-state index is 12.2. The Kier molecular flexibility index (Phi) is 7.55. The van der Waals surface area contributed by atoms with E-state index in [9.17, 15) is 4.79 Å². The summed E-state index contributed by atoms with van der Waals surface area (Å²) >= 11 is 0. The predicted molar refractivity (Wildman–Crippen MR) is 98.3 cm³/mol. The van der Waals surface area contributed by atoms with Crippen molar-refractivity contribution in [3.63, 3.8) is 0 Å². The van der Waals surface area contributed by atoms with Gasteiger partial charge in [0.25, 0.3) is 5.91 Å². The van der Waals surface area contributed by atoms with Gasteiger partial charge in [0, 0.05) is 17.6 Å². The first-order valence-electron chi connectivity index (χ1n) is 7.72. The molecule has 0 fully saturated rings. The molecule has 0 bridgehead atoms.